The number of nitrogens with one attached hydrogen (secondary N) is 1. The second kappa shape index (κ2) is 4.68. The van der Waals surface area contributed by atoms with E-state index < -0.39 is 0 Å². The molecule has 0 spiro atoms. The number of nitrogen functional groups attached to an aromatic ring is 1. The number of fused-ring (bicyclic) bond motifs is 1. The van der Waals surface area contributed by atoms with Gasteiger partial charge in [0, 0.05) is 20.8 Å². The van der Waals surface area contributed by atoms with Gasteiger partial charge in [-0.3, -0.25) is 4.79 Å². The van der Waals surface area contributed by atoms with Gasteiger partial charge in [0.15, 0.2) is 0 Å². The van der Waals surface area contributed by atoms with Crippen molar-refractivity contribution in [1.29, 1.82) is 0 Å². The first-order chi connectivity index (χ1) is 9.13. The van der Waals surface area contributed by atoms with Gasteiger partial charge in [-0.25, -0.2) is 0 Å². The highest BCUT2D eigenvalue weighted by Crippen LogP contribution is 2.30. The van der Waals surface area contributed by atoms with Crippen LogP contribution in [0.15, 0.2) is 35.7 Å². The summed E-state index contributed by atoms with van der Waals surface area (Å²) in [4.78, 5) is 12.9. The summed E-state index contributed by atoms with van der Waals surface area (Å²) in [5.41, 5.74) is 8.25. The predicted molar refractivity (Wildman–Crippen MR) is 83.2 cm³/mol. The van der Waals surface area contributed by atoms with Gasteiger partial charge in [0.05, 0.1) is 4.88 Å². The van der Waals surface area contributed by atoms with Gasteiger partial charge in [-0.1, -0.05) is 6.07 Å². The third-order valence-electron chi connectivity index (χ3n) is 2.90. The van der Waals surface area contributed by atoms with Crippen molar-refractivity contribution >= 4 is 49.4 Å². The smallest absolute Gasteiger partial charge is 0.265 e. The number of benzene rings is 1. The topological polar surface area (TPSA) is 55.1 Å². The molecule has 3 aromatic rings. The Balaban J connectivity index is 1.84. The summed E-state index contributed by atoms with van der Waals surface area (Å²) in [5, 5.41) is 4.90. The van der Waals surface area contributed by atoms with Crippen molar-refractivity contribution in [2.75, 3.05) is 11.1 Å². The van der Waals surface area contributed by atoms with Crippen LogP contribution in [0.5, 0.6) is 0 Å². The monoisotopic (exact) mass is 288 g/mol. The number of hydrogen-bond donors (Lipinski definition) is 2. The Hall–Kier alpha value is -1.85. The molecule has 0 saturated heterocycles. The second-order valence-electron chi connectivity index (χ2n) is 4.29. The minimum Gasteiger partial charge on any atom is -0.398 e. The fourth-order valence-corrected chi connectivity index (χ4v) is 3.79. The lowest BCUT2D eigenvalue weighted by molar-refractivity contribution is 0.103. The zero-order chi connectivity index (χ0) is 13.4. The average Bonchev–Trinajstić information content (AvgIpc) is 2.94. The number of amides is 1. The van der Waals surface area contributed by atoms with Crippen molar-refractivity contribution in [3.63, 3.8) is 0 Å². The molecule has 3 nitrogen and oxygen atoms in total. The number of anilines is 2. The maximum atomic E-state index is 12.1. The van der Waals surface area contributed by atoms with Crippen LogP contribution in [-0.4, -0.2) is 5.91 Å². The lowest BCUT2D eigenvalue weighted by atomic mass is 10.2. The van der Waals surface area contributed by atoms with E-state index in [0.717, 1.165) is 25.5 Å². The first kappa shape index (κ1) is 12.2. The van der Waals surface area contributed by atoms with Gasteiger partial charge in [0.2, 0.25) is 0 Å². The zero-order valence-corrected chi connectivity index (χ0v) is 11.9. The maximum absolute atomic E-state index is 12.1. The van der Waals surface area contributed by atoms with Crippen molar-refractivity contribution in [2.24, 2.45) is 0 Å². The fraction of sp³-hybridized carbons (Fsp3) is 0.0714. The first-order valence-electron chi connectivity index (χ1n) is 5.78. The Labute approximate surface area is 118 Å². The standard InChI is InChI=1S/C14H12N2OS2/c1-8-2-3-9(6-10(8)15)16-14(17)13-7-12-11(19-13)4-5-18-12/h2-7H,15H2,1H3,(H,16,17). The minimum absolute atomic E-state index is 0.0864. The van der Waals surface area contributed by atoms with E-state index >= 15 is 0 Å². The van der Waals surface area contributed by atoms with E-state index in [4.69, 9.17) is 5.73 Å². The van der Waals surface area contributed by atoms with Gasteiger partial charge in [-0.2, -0.15) is 0 Å². The van der Waals surface area contributed by atoms with Crippen LogP contribution in [0.2, 0.25) is 0 Å². The molecule has 1 amide bonds. The zero-order valence-electron chi connectivity index (χ0n) is 10.3. The molecule has 0 unspecified atom stereocenters. The van der Waals surface area contributed by atoms with Gasteiger partial charge >= 0.3 is 0 Å². The molecule has 2 heterocycles. The van der Waals surface area contributed by atoms with Crippen molar-refractivity contribution in [1.82, 2.24) is 0 Å². The largest absolute Gasteiger partial charge is 0.398 e. The van der Waals surface area contributed by atoms with Crippen LogP contribution in [0.4, 0.5) is 11.4 Å². The lowest BCUT2D eigenvalue weighted by Gasteiger charge is -2.06. The van der Waals surface area contributed by atoms with Crippen LogP contribution in [-0.2, 0) is 0 Å². The number of hydrogen-bond acceptors (Lipinski definition) is 4. The van der Waals surface area contributed by atoms with Gasteiger partial charge in [0.1, 0.15) is 0 Å². The Morgan fingerprint density at radius 2 is 2.05 bits per heavy atom. The molecular formula is C14H12N2OS2. The number of carbonyl (C=O) groups excluding carboxylic acids is 1. The number of nitrogens with two attached hydrogens (primary N) is 1. The van der Waals surface area contributed by atoms with Gasteiger partial charge in [-0.15, -0.1) is 22.7 Å². The van der Waals surface area contributed by atoms with Gasteiger partial charge in [0.25, 0.3) is 5.91 Å². The molecule has 0 aliphatic heterocycles. The fourth-order valence-electron chi connectivity index (χ4n) is 1.79. The molecule has 19 heavy (non-hydrogen) atoms. The highest BCUT2D eigenvalue weighted by molar-refractivity contribution is 7.27. The van der Waals surface area contributed by atoms with Crippen LogP contribution >= 0.6 is 22.7 Å². The molecule has 2 aromatic heterocycles. The molecule has 0 saturated carbocycles. The summed E-state index contributed by atoms with van der Waals surface area (Å²) in [6.07, 6.45) is 0. The summed E-state index contributed by atoms with van der Waals surface area (Å²) in [6, 6.07) is 9.50. The summed E-state index contributed by atoms with van der Waals surface area (Å²) in [6.45, 7) is 1.94. The molecule has 3 N–H and O–H groups in total. The van der Waals surface area contributed by atoms with E-state index in [9.17, 15) is 4.79 Å². The van der Waals surface area contributed by atoms with Gasteiger partial charge < -0.3 is 11.1 Å². The molecule has 0 fully saturated rings. The van der Waals surface area contributed by atoms with Crippen molar-refractivity contribution in [2.45, 2.75) is 6.92 Å². The summed E-state index contributed by atoms with van der Waals surface area (Å²) < 4.78 is 2.30. The first-order valence-corrected chi connectivity index (χ1v) is 7.47. The lowest BCUT2D eigenvalue weighted by Crippen LogP contribution is -2.10. The Morgan fingerprint density at radius 1 is 1.21 bits per heavy atom. The third-order valence-corrected chi connectivity index (χ3v) is 4.99. The Morgan fingerprint density at radius 3 is 2.79 bits per heavy atom. The molecule has 0 aliphatic rings. The molecule has 1 aromatic carbocycles. The average molecular weight is 288 g/mol. The summed E-state index contributed by atoms with van der Waals surface area (Å²) >= 11 is 3.15. The third kappa shape index (κ3) is 2.34. The highest BCUT2D eigenvalue weighted by atomic mass is 32.1. The molecule has 0 bridgehead atoms. The number of thiophene rings is 2. The van der Waals surface area contributed by atoms with Crippen LogP contribution in [0, 0.1) is 6.92 Å². The molecule has 0 aliphatic carbocycles. The summed E-state index contributed by atoms with van der Waals surface area (Å²) in [5.74, 6) is -0.0864. The van der Waals surface area contributed by atoms with E-state index in [0.29, 0.717) is 5.69 Å². The van der Waals surface area contributed by atoms with Crippen LogP contribution in [0.3, 0.4) is 0 Å². The van der Waals surface area contributed by atoms with E-state index in [1.165, 1.54) is 11.3 Å². The van der Waals surface area contributed by atoms with E-state index in [1.807, 2.05) is 36.6 Å². The van der Waals surface area contributed by atoms with Crippen molar-refractivity contribution in [3.05, 3.63) is 46.2 Å². The highest BCUT2D eigenvalue weighted by Gasteiger charge is 2.11. The Bertz CT molecular complexity index is 729. The van der Waals surface area contributed by atoms with E-state index in [1.54, 1.807) is 17.4 Å². The maximum Gasteiger partial charge on any atom is 0.265 e. The normalized spacial score (nSPS) is 10.8. The predicted octanol–water partition coefficient (Wildman–Crippen LogP) is 4.11. The number of aryl methyl sites for hydroxylation is 1. The minimum atomic E-state index is -0.0864. The van der Waals surface area contributed by atoms with E-state index in [2.05, 4.69) is 5.32 Å². The van der Waals surface area contributed by atoms with Crippen molar-refractivity contribution in [3.8, 4) is 0 Å². The molecular weight excluding hydrogens is 276 g/mol. The molecule has 3 rings (SSSR count). The number of carbonyl (C=O) groups is 1. The number of rotatable bonds is 2. The Kier molecular flexibility index (Phi) is 3.00. The van der Waals surface area contributed by atoms with Crippen LogP contribution < -0.4 is 11.1 Å². The molecule has 5 heteroatoms. The van der Waals surface area contributed by atoms with Crippen molar-refractivity contribution < 1.29 is 4.79 Å². The molecule has 0 atom stereocenters. The SMILES string of the molecule is Cc1ccc(NC(=O)c2cc3sccc3s2)cc1N. The molecule has 96 valence electrons. The van der Waals surface area contributed by atoms with Crippen LogP contribution in [0.1, 0.15) is 15.2 Å². The quantitative estimate of drug-likeness (QED) is 0.697. The van der Waals surface area contributed by atoms with Crippen LogP contribution in [0.25, 0.3) is 9.40 Å². The summed E-state index contributed by atoms with van der Waals surface area (Å²) in [7, 11) is 0. The van der Waals surface area contributed by atoms with E-state index in [-0.39, 0.29) is 5.91 Å². The van der Waals surface area contributed by atoms with Gasteiger partial charge in [-0.05, 0) is 42.1 Å². The molecule has 0 radical (unpaired) electrons. The second-order valence-corrected chi connectivity index (χ2v) is 6.32.